The van der Waals surface area contributed by atoms with Crippen LogP contribution in [-0.2, 0) is 0 Å². The normalized spacial score (nSPS) is 18.8. The van der Waals surface area contributed by atoms with Gasteiger partial charge in [-0.25, -0.2) is 0 Å². The van der Waals surface area contributed by atoms with Gasteiger partial charge in [0.05, 0.1) is 11.4 Å². The van der Waals surface area contributed by atoms with E-state index >= 15 is 0 Å². The molecule has 0 aromatic heterocycles. The van der Waals surface area contributed by atoms with Gasteiger partial charge in [0.2, 0.25) is 0 Å². The molecular weight excluding hydrogens is 226 g/mol. The summed E-state index contributed by atoms with van der Waals surface area (Å²) in [6.07, 6.45) is 4.34. The number of thioether (sulfide) groups is 1. The highest BCUT2D eigenvalue weighted by atomic mass is 32.2. The fourth-order valence-electron chi connectivity index (χ4n) is 1.83. The largest absolute Gasteiger partial charge is 0.343 e. The van der Waals surface area contributed by atoms with Crippen molar-refractivity contribution >= 4 is 17.4 Å². The Bertz CT molecular complexity index is 432. The van der Waals surface area contributed by atoms with Gasteiger partial charge in [-0.15, -0.1) is 0 Å². The Labute approximate surface area is 109 Å². The van der Waals surface area contributed by atoms with Gasteiger partial charge in [0.1, 0.15) is 0 Å². The number of hydrogen-bond donors (Lipinski definition) is 0. The molecule has 0 atom stereocenters. The van der Waals surface area contributed by atoms with E-state index in [2.05, 4.69) is 62.2 Å². The summed E-state index contributed by atoms with van der Waals surface area (Å²) in [6.45, 7) is 8.18. The van der Waals surface area contributed by atoms with Crippen molar-refractivity contribution in [1.29, 1.82) is 0 Å². The molecule has 1 aliphatic rings. The van der Waals surface area contributed by atoms with Crippen LogP contribution in [0, 0.1) is 0 Å². The van der Waals surface area contributed by atoms with E-state index < -0.39 is 0 Å². The Balaban J connectivity index is 0.000000686. The smallest absolute Gasteiger partial charge is 0.0550 e. The van der Waals surface area contributed by atoms with E-state index in [9.17, 15) is 0 Å². The van der Waals surface area contributed by atoms with Gasteiger partial charge in [0, 0.05) is 16.8 Å². The van der Waals surface area contributed by atoms with E-state index in [1.807, 2.05) is 25.6 Å². The maximum Gasteiger partial charge on any atom is 0.0550 e. The number of para-hydroxylation sites is 1. The van der Waals surface area contributed by atoms with Gasteiger partial charge in [0.15, 0.2) is 0 Å². The molecule has 1 nitrogen and oxygen atoms in total. The molecule has 17 heavy (non-hydrogen) atoms. The Morgan fingerprint density at radius 2 is 1.71 bits per heavy atom. The molecule has 0 spiro atoms. The average molecular weight is 247 g/mol. The number of anilines is 1. The highest BCUT2D eigenvalue weighted by Crippen LogP contribution is 2.44. The third kappa shape index (κ3) is 2.75. The monoisotopic (exact) mass is 247 g/mol. The molecule has 1 aliphatic heterocycles. The van der Waals surface area contributed by atoms with Gasteiger partial charge in [-0.2, -0.15) is 0 Å². The minimum atomic E-state index is 1.29. The lowest BCUT2D eigenvalue weighted by Gasteiger charge is -2.31. The fraction of sp³-hybridized carbons (Fsp3) is 0.333. The van der Waals surface area contributed by atoms with Crippen molar-refractivity contribution in [1.82, 2.24) is 0 Å². The number of fused-ring (bicyclic) bond motifs is 1. The van der Waals surface area contributed by atoms with Crippen molar-refractivity contribution in [3.63, 3.8) is 0 Å². The fourth-order valence-corrected chi connectivity index (χ4v) is 3.00. The zero-order valence-electron chi connectivity index (χ0n) is 11.3. The first-order valence-corrected chi connectivity index (χ1v) is 6.93. The van der Waals surface area contributed by atoms with E-state index in [4.69, 9.17) is 0 Å². The summed E-state index contributed by atoms with van der Waals surface area (Å²) in [4.78, 5) is 4.92. The summed E-state index contributed by atoms with van der Waals surface area (Å²) in [5.41, 5.74) is 2.59. The summed E-state index contributed by atoms with van der Waals surface area (Å²) in [7, 11) is 2.12. The Kier molecular flexibility index (Phi) is 5.36. The molecule has 0 fully saturated rings. The Hall–Kier alpha value is -1.15. The van der Waals surface area contributed by atoms with Gasteiger partial charge in [-0.05, 0) is 26.0 Å². The van der Waals surface area contributed by atoms with Crippen LogP contribution in [-0.4, -0.2) is 7.05 Å². The number of likely N-dealkylation sites (N-methyl/N-ethyl adjacent to an activating group) is 1. The van der Waals surface area contributed by atoms with Gasteiger partial charge in [0.25, 0.3) is 0 Å². The molecule has 0 saturated carbocycles. The molecule has 1 aromatic carbocycles. The lowest BCUT2D eigenvalue weighted by atomic mass is 10.2. The number of hydrogen-bond acceptors (Lipinski definition) is 2. The van der Waals surface area contributed by atoms with Crippen molar-refractivity contribution in [2.75, 3.05) is 11.9 Å². The maximum atomic E-state index is 2.25. The van der Waals surface area contributed by atoms with Crippen LogP contribution in [0.4, 0.5) is 5.69 Å². The lowest BCUT2D eigenvalue weighted by Crippen LogP contribution is -2.20. The van der Waals surface area contributed by atoms with E-state index in [0.29, 0.717) is 0 Å². The molecule has 2 rings (SSSR count). The first-order valence-electron chi connectivity index (χ1n) is 6.11. The van der Waals surface area contributed by atoms with E-state index in [1.54, 1.807) is 0 Å². The summed E-state index contributed by atoms with van der Waals surface area (Å²) < 4.78 is 0. The lowest BCUT2D eigenvalue weighted by molar-refractivity contribution is 1.08. The molecule has 0 bridgehead atoms. The van der Waals surface area contributed by atoms with Crippen molar-refractivity contribution in [3.05, 3.63) is 47.0 Å². The number of rotatable bonds is 0. The molecule has 2 heteroatoms. The Morgan fingerprint density at radius 1 is 1.06 bits per heavy atom. The second kappa shape index (κ2) is 6.55. The number of allylic oxidation sites excluding steroid dienone is 2. The number of benzene rings is 1. The van der Waals surface area contributed by atoms with Gasteiger partial charge in [-0.1, -0.05) is 49.9 Å². The number of nitrogens with zero attached hydrogens (tertiary/aromatic N) is 1. The third-order valence-electron chi connectivity index (χ3n) is 2.60. The van der Waals surface area contributed by atoms with Crippen LogP contribution in [0.15, 0.2) is 51.9 Å². The minimum absolute atomic E-state index is 1.29. The molecule has 1 aromatic rings. The van der Waals surface area contributed by atoms with Gasteiger partial charge >= 0.3 is 0 Å². The summed E-state index contributed by atoms with van der Waals surface area (Å²) in [5, 5.41) is 0. The predicted octanol–water partition coefficient (Wildman–Crippen LogP) is 5.06. The maximum absolute atomic E-state index is 2.25. The topological polar surface area (TPSA) is 3.24 Å². The van der Waals surface area contributed by atoms with Crippen LogP contribution in [0.2, 0.25) is 0 Å². The highest BCUT2D eigenvalue weighted by Gasteiger charge is 2.21. The second-order valence-electron chi connectivity index (χ2n) is 3.46. The third-order valence-corrected chi connectivity index (χ3v) is 3.83. The quantitative estimate of drug-likeness (QED) is 0.630. The molecule has 92 valence electrons. The van der Waals surface area contributed by atoms with Gasteiger partial charge in [-0.3, -0.25) is 0 Å². The SMILES string of the molecule is C/C=C1/Sc2ccccc2N(C)/C1=C/C.CC. The van der Waals surface area contributed by atoms with Crippen molar-refractivity contribution in [3.8, 4) is 0 Å². The van der Waals surface area contributed by atoms with Crippen molar-refractivity contribution in [2.24, 2.45) is 0 Å². The van der Waals surface area contributed by atoms with Crippen LogP contribution in [0.1, 0.15) is 27.7 Å². The first-order chi connectivity index (χ1) is 8.27. The van der Waals surface area contributed by atoms with E-state index in [0.717, 1.165) is 0 Å². The average Bonchev–Trinajstić information content (AvgIpc) is 2.41. The van der Waals surface area contributed by atoms with Crippen molar-refractivity contribution < 1.29 is 0 Å². The molecule has 1 heterocycles. The summed E-state index contributed by atoms with van der Waals surface area (Å²) in [6, 6.07) is 8.52. The van der Waals surface area contributed by atoms with Crippen LogP contribution < -0.4 is 4.90 Å². The summed E-state index contributed by atoms with van der Waals surface area (Å²) >= 11 is 1.84. The molecular formula is C15H21NS. The highest BCUT2D eigenvalue weighted by molar-refractivity contribution is 8.03. The molecule has 0 radical (unpaired) electrons. The van der Waals surface area contributed by atoms with Crippen LogP contribution in [0.25, 0.3) is 0 Å². The predicted molar refractivity (Wildman–Crippen MR) is 79.6 cm³/mol. The van der Waals surface area contributed by atoms with E-state index in [-0.39, 0.29) is 0 Å². The van der Waals surface area contributed by atoms with Crippen LogP contribution in [0.5, 0.6) is 0 Å². The van der Waals surface area contributed by atoms with Gasteiger partial charge < -0.3 is 4.90 Å². The molecule has 0 unspecified atom stereocenters. The standard InChI is InChI=1S/C13H15NS.C2H6/c1-4-10-12(5-2)15-13-9-7-6-8-11(13)14(10)3;1-2/h4-9H,1-3H3;1-2H3/b10-4+,12-5+;. The van der Waals surface area contributed by atoms with Crippen LogP contribution in [0.3, 0.4) is 0 Å². The summed E-state index contributed by atoms with van der Waals surface area (Å²) in [5.74, 6) is 0. The first kappa shape index (κ1) is 13.9. The molecule has 0 saturated heterocycles. The van der Waals surface area contributed by atoms with E-state index in [1.165, 1.54) is 21.2 Å². The zero-order valence-corrected chi connectivity index (χ0v) is 12.1. The molecule has 0 N–H and O–H groups in total. The van der Waals surface area contributed by atoms with Crippen LogP contribution >= 0.6 is 11.8 Å². The van der Waals surface area contributed by atoms with Crippen molar-refractivity contribution in [2.45, 2.75) is 32.6 Å². The zero-order chi connectivity index (χ0) is 12.8. The molecule has 0 aliphatic carbocycles. The Morgan fingerprint density at radius 3 is 2.29 bits per heavy atom. The molecule has 0 amide bonds. The second-order valence-corrected chi connectivity index (χ2v) is 4.54. The minimum Gasteiger partial charge on any atom is -0.343 e.